The maximum atomic E-state index is 5.35. The highest BCUT2D eigenvalue weighted by Crippen LogP contribution is 2.28. The van der Waals surface area contributed by atoms with Crippen LogP contribution in [0.15, 0.2) is 30.3 Å². The molecule has 90 valence electrons. The fourth-order valence-electron chi connectivity index (χ4n) is 1.84. The van der Waals surface area contributed by atoms with E-state index in [1.54, 1.807) is 14.2 Å². The topological polar surface area (TPSA) is 18.5 Å². The summed E-state index contributed by atoms with van der Waals surface area (Å²) in [6, 6.07) is 11.7. The highest BCUT2D eigenvalue weighted by Gasteiger charge is 2.22. The number of hydrogen-bond donors (Lipinski definition) is 0. The summed E-state index contributed by atoms with van der Waals surface area (Å²) in [5.41, 5.74) is 1.58. The maximum Gasteiger partial charge on any atom is 0.320 e. The predicted octanol–water partition coefficient (Wildman–Crippen LogP) is 2.87. The fourth-order valence-corrected chi connectivity index (χ4v) is 3.47. The van der Waals surface area contributed by atoms with Crippen LogP contribution >= 0.6 is 0 Å². The zero-order chi connectivity index (χ0) is 12.0. The van der Waals surface area contributed by atoms with Crippen molar-refractivity contribution < 1.29 is 8.85 Å². The van der Waals surface area contributed by atoms with Gasteiger partial charge in [-0.25, -0.2) is 0 Å². The zero-order valence-corrected chi connectivity index (χ0v) is 11.8. The second-order valence-electron chi connectivity index (χ2n) is 4.69. The molecule has 2 nitrogen and oxygen atoms in total. The number of rotatable bonds is 6. The molecular formula is C13H22O2Si. The first-order valence-electron chi connectivity index (χ1n) is 5.71. The lowest BCUT2D eigenvalue weighted by Crippen LogP contribution is -2.24. The predicted molar refractivity (Wildman–Crippen MR) is 70.1 cm³/mol. The largest absolute Gasteiger partial charge is 0.400 e. The van der Waals surface area contributed by atoms with Gasteiger partial charge >= 0.3 is 9.28 Å². The van der Waals surface area contributed by atoms with Gasteiger partial charge in [-0.05, 0) is 23.4 Å². The van der Waals surface area contributed by atoms with Crippen LogP contribution in [-0.2, 0) is 14.3 Å². The van der Waals surface area contributed by atoms with Crippen LogP contribution in [0.3, 0.4) is 0 Å². The Morgan fingerprint density at radius 3 is 2.12 bits per heavy atom. The summed E-state index contributed by atoms with van der Waals surface area (Å²) in [5.74, 6) is 0. The SMILES string of the molecule is CO[SiH](CCC(C)(C)c1ccccc1)OC. The van der Waals surface area contributed by atoms with Crippen molar-refractivity contribution in [2.45, 2.75) is 31.7 Å². The van der Waals surface area contributed by atoms with Crippen LogP contribution in [0.2, 0.25) is 6.04 Å². The van der Waals surface area contributed by atoms with E-state index in [-0.39, 0.29) is 5.41 Å². The van der Waals surface area contributed by atoms with Gasteiger partial charge in [0, 0.05) is 14.2 Å². The van der Waals surface area contributed by atoms with E-state index in [0.29, 0.717) is 0 Å². The molecule has 0 atom stereocenters. The Morgan fingerprint density at radius 1 is 1.06 bits per heavy atom. The summed E-state index contributed by atoms with van der Waals surface area (Å²) in [7, 11) is 2.08. The van der Waals surface area contributed by atoms with Crippen molar-refractivity contribution in [2.24, 2.45) is 0 Å². The summed E-state index contributed by atoms with van der Waals surface area (Å²) in [5, 5.41) is 0. The molecule has 1 aromatic rings. The molecule has 0 aliphatic rings. The van der Waals surface area contributed by atoms with E-state index in [0.717, 1.165) is 12.5 Å². The van der Waals surface area contributed by atoms with Crippen LogP contribution in [0, 0.1) is 0 Å². The molecule has 0 amide bonds. The molecule has 16 heavy (non-hydrogen) atoms. The van der Waals surface area contributed by atoms with Gasteiger partial charge in [-0.15, -0.1) is 0 Å². The van der Waals surface area contributed by atoms with Gasteiger partial charge in [0.15, 0.2) is 0 Å². The monoisotopic (exact) mass is 238 g/mol. The second kappa shape index (κ2) is 6.18. The third kappa shape index (κ3) is 3.74. The van der Waals surface area contributed by atoms with Gasteiger partial charge in [0.05, 0.1) is 0 Å². The molecule has 0 unspecified atom stereocenters. The lowest BCUT2D eigenvalue weighted by Gasteiger charge is -2.26. The summed E-state index contributed by atoms with van der Waals surface area (Å²) in [6.07, 6.45) is 1.11. The fraction of sp³-hybridized carbons (Fsp3) is 0.538. The average Bonchev–Trinajstić information content (AvgIpc) is 2.31. The quantitative estimate of drug-likeness (QED) is 0.710. The Kier molecular flexibility index (Phi) is 5.18. The summed E-state index contributed by atoms with van der Waals surface area (Å²) in [6.45, 7) is 4.55. The molecule has 0 heterocycles. The summed E-state index contributed by atoms with van der Waals surface area (Å²) in [4.78, 5) is 0. The minimum absolute atomic E-state index is 0.198. The van der Waals surface area contributed by atoms with Crippen molar-refractivity contribution in [1.82, 2.24) is 0 Å². The highest BCUT2D eigenvalue weighted by molar-refractivity contribution is 6.44. The smallest absolute Gasteiger partial charge is 0.320 e. The van der Waals surface area contributed by atoms with Crippen molar-refractivity contribution in [1.29, 1.82) is 0 Å². The third-order valence-corrected chi connectivity index (χ3v) is 4.90. The van der Waals surface area contributed by atoms with Crippen molar-refractivity contribution in [2.75, 3.05) is 14.2 Å². The van der Waals surface area contributed by atoms with Crippen LogP contribution in [0.25, 0.3) is 0 Å². The van der Waals surface area contributed by atoms with Gasteiger partial charge in [-0.2, -0.15) is 0 Å². The van der Waals surface area contributed by atoms with E-state index >= 15 is 0 Å². The third-order valence-electron chi connectivity index (χ3n) is 3.09. The Labute approximate surface area is 100 Å². The van der Waals surface area contributed by atoms with Crippen LogP contribution < -0.4 is 0 Å². The van der Waals surface area contributed by atoms with Crippen molar-refractivity contribution in [3.05, 3.63) is 35.9 Å². The van der Waals surface area contributed by atoms with Gasteiger partial charge in [0.25, 0.3) is 0 Å². The van der Waals surface area contributed by atoms with Crippen LogP contribution in [0.4, 0.5) is 0 Å². The van der Waals surface area contributed by atoms with Crippen molar-refractivity contribution in [3.8, 4) is 0 Å². The molecule has 0 spiro atoms. The summed E-state index contributed by atoms with van der Waals surface area (Å²) >= 11 is 0. The Balaban J connectivity index is 2.58. The van der Waals surface area contributed by atoms with E-state index < -0.39 is 9.28 Å². The Morgan fingerprint density at radius 2 is 1.62 bits per heavy atom. The molecule has 0 fully saturated rings. The van der Waals surface area contributed by atoms with E-state index in [1.165, 1.54) is 5.56 Å². The minimum Gasteiger partial charge on any atom is -0.400 e. The molecule has 1 rings (SSSR count). The zero-order valence-electron chi connectivity index (χ0n) is 10.7. The normalized spacial score (nSPS) is 12.1. The second-order valence-corrected chi connectivity index (χ2v) is 7.07. The van der Waals surface area contributed by atoms with E-state index in [2.05, 4.69) is 44.2 Å². The molecule has 0 radical (unpaired) electrons. The van der Waals surface area contributed by atoms with E-state index in [1.807, 2.05) is 0 Å². The minimum atomic E-state index is -1.42. The van der Waals surface area contributed by atoms with Crippen LogP contribution in [-0.4, -0.2) is 23.5 Å². The molecule has 0 bridgehead atoms. The van der Waals surface area contributed by atoms with Crippen LogP contribution in [0.5, 0.6) is 0 Å². The van der Waals surface area contributed by atoms with Gasteiger partial charge in [0.2, 0.25) is 0 Å². The Hall–Kier alpha value is -0.643. The summed E-state index contributed by atoms with van der Waals surface area (Å²) < 4.78 is 10.7. The molecule has 0 saturated carbocycles. The highest BCUT2D eigenvalue weighted by atomic mass is 28.3. The molecular weight excluding hydrogens is 216 g/mol. The lowest BCUT2D eigenvalue weighted by atomic mass is 9.82. The van der Waals surface area contributed by atoms with Gasteiger partial charge in [-0.1, -0.05) is 44.2 Å². The molecule has 0 N–H and O–H groups in total. The average molecular weight is 238 g/mol. The molecule has 3 heteroatoms. The molecule has 0 aliphatic carbocycles. The molecule has 0 aliphatic heterocycles. The number of hydrogen-bond acceptors (Lipinski definition) is 2. The first-order chi connectivity index (χ1) is 7.60. The molecule has 1 aromatic carbocycles. The van der Waals surface area contributed by atoms with Crippen molar-refractivity contribution in [3.63, 3.8) is 0 Å². The molecule has 0 saturated heterocycles. The van der Waals surface area contributed by atoms with E-state index in [4.69, 9.17) is 8.85 Å². The first-order valence-corrected chi connectivity index (χ1v) is 7.47. The number of benzene rings is 1. The van der Waals surface area contributed by atoms with Gasteiger partial charge in [0.1, 0.15) is 0 Å². The van der Waals surface area contributed by atoms with Gasteiger partial charge < -0.3 is 8.85 Å². The van der Waals surface area contributed by atoms with E-state index in [9.17, 15) is 0 Å². The lowest BCUT2D eigenvalue weighted by molar-refractivity contribution is 0.272. The maximum absolute atomic E-state index is 5.35. The standard InChI is InChI=1S/C13H22O2Si/c1-13(2,10-11-16(14-3)15-4)12-8-6-5-7-9-12/h5-9,16H,10-11H2,1-4H3. The first kappa shape index (κ1) is 13.4. The van der Waals surface area contributed by atoms with Crippen LogP contribution in [0.1, 0.15) is 25.8 Å². The van der Waals surface area contributed by atoms with Crippen molar-refractivity contribution >= 4 is 9.28 Å². The van der Waals surface area contributed by atoms with Gasteiger partial charge in [-0.3, -0.25) is 0 Å². The Bertz CT molecular complexity index is 294. The molecule has 0 aromatic heterocycles.